The lowest BCUT2D eigenvalue weighted by Gasteiger charge is -2.23. The van der Waals surface area contributed by atoms with Crippen molar-refractivity contribution >= 4 is 5.69 Å². The Morgan fingerprint density at radius 1 is 1.18 bits per heavy atom. The van der Waals surface area contributed by atoms with Crippen LogP contribution in [0.15, 0.2) is 47.1 Å². The van der Waals surface area contributed by atoms with Crippen molar-refractivity contribution in [2.45, 2.75) is 6.54 Å². The first-order valence-electron chi connectivity index (χ1n) is 5.53. The summed E-state index contributed by atoms with van der Waals surface area (Å²) in [5, 5.41) is 0. The molecule has 0 aliphatic rings. The Labute approximate surface area is 99.6 Å². The smallest absolute Gasteiger partial charge is 0.146 e. The number of benzene rings is 1. The number of nitrogens with two attached hydrogens (primary N) is 1. The minimum absolute atomic E-state index is 0.243. The highest BCUT2D eigenvalue weighted by atomic mass is 19.1. The van der Waals surface area contributed by atoms with Crippen molar-refractivity contribution < 1.29 is 8.81 Å². The van der Waals surface area contributed by atoms with Crippen LogP contribution in [-0.2, 0) is 6.54 Å². The zero-order chi connectivity index (χ0) is 12.1. The molecule has 0 aliphatic carbocycles. The van der Waals surface area contributed by atoms with E-state index in [0.29, 0.717) is 25.3 Å². The van der Waals surface area contributed by atoms with Gasteiger partial charge in [0.1, 0.15) is 11.6 Å². The van der Waals surface area contributed by atoms with Crippen LogP contribution in [0.3, 0.4) is 0 Å². The first-order valence-corrected chi connectivity index (χ1v) is 5.53. The van der Waals surface area contributed by atoms with Gasteiger partial charge >= 0.3 is 0 Å². The zero-order valence-corrected chi connectivity index (χ0v) is 9.47. The van der Waals surface area contributed by atoms with Crippen LogP contribution in [0.1, 0.15) is 5.76 Å². The molecule has 0 radical (unpaired) electrons. The molecule has 0 aliphatic heterocycles. The van der Waals surface area contributed by atoms with Crippen molar-refractivity contribution in [2.24, 2.45) is 5.73 Å². The van der Waals surface area contributed by atoms with Gasteiger partial charge in [-0.2, -0.15) is 0 Å². The average Bonchev–Trinajstić information content (AvgIpc) is 2.82. The summed E-state index contributed by atoms with van der Waals surface area (Å²) in [6, 6.07) is 10.4. The second-order valence-electron chi connectivity index (χ2n) is 3.74. The molecule has 3 nitrogen and oxygen atoms in total. The van der Waals surface area contributed by atoms with E-state index in [9.17, 15) is 4.39 Å². The van der Waals surface area contributed by atoms with Crippen molar-refractivity contribution in [3.63, 3.8) is 0 Å². The van der Waals surface area contributed by atoms with E-state index in [1.165, 1.54) is 6.07 Å². The highest BCUT2D eigenvalue weighted by Crippen LogP contribution is 2.20. The molecule has 0 fully saturated rings. The summed E-state index contributed by atoms with van der Waals surface area (Å²) >= 11 is 0. The summed E-state index contributed by atoms with van der Waals surface area (Å²) in [6.45, 7) is 1.57. The fourth-order valence-corrected chi connectivity index (χ4v) is 1.74. The van der Waals surface area contributed by atoms with Crippen LogP contribution in [0.5, 0.6) is 0 Å². The van der Waals surface area contributed by atoms with Crippen LogP contribution in [-0.4, -0.2) is 13.1 Å². The van der Waals surface area contributed by atoms with Gasteiger partial charge in [0.2, 0.25) is 0 Å². The summed E-state index contributed by atoms with van der Waals surface area (Å²) in [6.07, 6.45) is 1.61. The highest BCUT2D eigenvalue weighted by molar-refractivity contribution is 5.47. The number of hydrogen-bond acceptors (Lipinski definition) is 3. The van der Waals surface area contributed by atoms with Gasteiger partial charge < -0.3 is 15.1 Å². The van der Waals surface area contributed by atoms with E-state index in [2.05, 4.69) is 0 Å². The summed E-state index contributed by atoms with van der Waals surface area (Å²) in [7, 11) is 0. The average molecular weight is 234 g/mol. The fraction of sp³-hybridized carbons (Fsp3) is 0.231. The Kier molecular flexibility index (Phi) is 3.77. The van der Waals surface area contributed by atoms with Crippen LogP contribution in [0, 0.1) is 5.82 Å². The SMILES string of the molecule is NCCN(Cc1ccco1)c1ccccc1F. The van der Waals surface area contributed by atoms with Gasteiger partial charge in [-0.3, -0.25) is 0 Å². The molecule has 1 aromatic carbocycles. The number of rotatable bonds is 5. The first-order chi connectivity index (χ1) is 8.31. The molecule has 0 unspecified atom stereocenters. The summed E-state index contributed by atoms with van der Waals surface area (Å²) in [5.74, 6) is 0.550. The molecule has 2 aromatic rings. The highest BCUT2D eigenvalue weighted by Gasteiger charge is 2.11. The van der Waals surface area contributed by atoms with Crippen LogP contribution in [0.4, 0.5) is 10.1 Å². The summed E-state index contributed by atoms with van der Waals surface area (Å²) in [5.41, 5.74) is 6.10. The Morgan fingerprint density at radius 2 is 2.00 bits per heavy atom. The van der Waals surface area contributed by atoms with Crippen LogP contribution < -0.4 is 10.6 Å². The Balaban J connectivity index is 2.20. The van der Waals surface area contributed by atoms with E-state index in [-0.39, 0.29) is 5.82 Å². The van der Waals surface area contributed by atoms with Crippen molar-refractivity contribution in [1.82, 2.24) is 0 Å². The van der Waals surface area contributed by atoms with Gasteiger partial charge in [-0.05, 0) is 24.3 Å². The Bertz CT molecular complexity index is 456. The Morgan fingerprint density at radius 3 is 2.65 bits per heavy atom. The van der Waals surface area contributed by atoms with E-state index < -0.39 is 0 Å². The molecule has 4 heteroatoms. The van der Waals surface area contributed by atoms with Gasteiger partial charge in [0.15, 0.2) is 0 Å². The van der Waals surface area contributed by atoms with E-state index >= 15 is 0 Å². The predicted octanol–water partition coefficient (Wildman–Crippen LogP) is 2.38. The lowest BCUT2D eigenvalue weighted by molar-refractivity contribution is 0.500. The maximum absolute atomic E-state index is 13.7. The monoisotopic (exact) mass is 234 g/mol. The fourth-order valence-electron chi connectivity index (χ4n) is 1.74. The normalized spacial score (nSPS) is 10.5. The standard InChI is InChI=1S/C13H15FN2O/c14-12-5-1-2-6-13(12)16(8-7-15)10-11-4-3-9-17-11/h1-6,9H,7-8,10,15H2. The molecule has 2 N–H and O–H groups in total. The number of anilines is 1. The third-order valence-electron chi connectivity index (χ3n) is 2.52. The number of hydrogen-bond donors (Lipinski definition) is 1. The zero-order valence-electron chi connectivity index (χ0n) is 9.47. The molecule has 0 saturated carbocycles. The molecular formula is C13H15FN2O. The third kappa shape index (κ3) is 2.85. The van der Waals surface area contributed by atoms with Gasteiger partial charge in [-0.25, -0.2) is 4.39 Å². The molecule has 17 heavy (non-hydrogen) atoms. The van der Waals surface area contributed by atoms with Crippen molar-refractivity contribution in [2.75, 3.05) is 18.0 Å². The first kappa shape index (κ1) is 11.7. The molecule has 90 valence electrons. The second kappa shape index (κ2) is 5.50. The number of furan rings is 1. The van der Waals surface area contributed by atoms with Crippen molar-refractivity contribution in [1.29, 1.82) is 0 Å². The summed E-state index contributed by atoms with van der Waals surface area (Å²) in [4.78, 5) is 1.87. The lowest BCUT2D eigenvalue weighted by atomic mass is 10.2. The topological polar surface area (TPSA) is 42.4 Å². The molecular weight excluding hydrogens is 219 g/mol. The van der Waals surface area contributed by atoms with Crippen LogP contribution in [0.25, 0.3) is 0 Å². The Hall–Kier alpha value is -1.81. The second-order valence-corrected chi connectivity index (χ2v) is 3.74. The number of nitrogens with zero attached hydrogens (tertiary/aromatic N) is 1. The van der Waals surface area contributed by atoms with Gasteiger partial charge in [0.25, 0.3) is 0 Å². The minimum Gasteiger partial charge on any atom is -0.467 e. The quantitative estimate of drug-likeness (QED) is 0.863. The number of para-hydroxylation sites is 1. The molecule has 0 spiro atoms. The van der Waals surface area contributed by atoms with Crippen LogP contribution >= 0.6 is 0 Å². The molecule has 1 heterocycles. The van der Waals surface area contributed by atoms with Gasteiger partial charge in [-0.15, -0.1) is 0 Å². The molecule has 2 rings (SSSR count). The van der Waals surface area contributed by atoms with Gasteiger partial charge in [0.05, 0.1) is 18.5 Å². The molecule has 0 bridgehead atoms. The molecule has 0 amide bonds. The van der Waals surface area contributed by atoms with Crippen molar-refractivity contribution in [3.8, 4) is 0 Å². The number of halogens is 1. The van der Waals surface area contributed by atoms with E-state index in [1.807, 2.05) is 23.1 Å². The molecule has 0 saturated heterocycles. The lowest BCUT2D eigenvalue weighted by Crippen LogP contribution is -2.29. The maximum Gasteiger partial charge on any atom is 0.146 e. The minimum atomic E-state index is -0.243. The van der Waals surface area contributed by atoms with Gasteiger partial charge in [-0.1, -0.05) is 12.1 Å². The van der Waals surface area contributed by atoms with Crippen molar-refractivity contribution in [3.05, 3.63) is 54.2 Å². The third-order valence-corrected chi connectivity index (χ3v) is 2.52. The van der Waals surface area contributed by atoms with Crippen LogP contribution in [0.2, 0.25) is 0 Å². The molecule has 0 atom stereocenters. The van der Waals surface area contributed by atoms with E-state index in [1.54, 1.807) is 18.4 Å². The van der Waals surface area contributed by atoms with Gasteiger partial charge in [0, 0.05) is 13.1 Å². The largest absolute Gasteiger partial charge is 0.467 e. The maximum atomic E-state index is 13.7. The summed E-state index contributed by atoms with van der Waals surface area (Å²) < 4.78 is 18.9. The van der Waals surface area contributed by atoms with E-state index in [0.717, 1.165) is 5.76 Å². The van der Waals surface area contributed by atoms with E-state index in [4.69, 9.17) is 10.2 Å². The molecule has 1 aromatic heterocycles. The predicted molar refractivity (Wildman–Crippen MR) is 65.2 cm³/mol.